The lowest BCUT2D eigenvalue weighted by Crippen LogP contribution is -2.60. The van der Waals surface area contributed by atoms with Crippen LogP contribution in [0, 0.1) is 6.92 Å². The van der Waals surface area contributed by atoms with E-state index in [1.807, 2.05) is 19.9 Å². The normalized spacial score (nSPS) is 28.6. The van der Waals surface area contributed by atoms with Crippen molar-refractivity contribution in [1.82, 2.24) is 9.97 Å². The summed E-state index contributed by atoms with van der Waals surface area (Å²) in [5, 5.41) is 3.23. The van der Waals surface area contributed by atoms with Gasteiger partial charge in [-0.15, -0.1) is 0 Å². The number of aryl methyl sites for hydroxylation is 1. The van der Waals surface area contributed by atoms with Gasteiger partial charge in [0, 0.05) is 24.5 Å². The third-order valence-electron chi connectivity index (χ3n) is 2.84. The van der Waals surface area contributed by atoms with Gasteiger partial charge in [0.15, 0.2) is 0 Å². The molecule has 2 rings (SSSR count). The van der Waals surface area contributed by atoms with Crippen LogP contribution in [0.2, 0.25) is 0 Å². The molecule has 3 atom stereocenters. The SMILES string of the molecule is CCOC1CC(N)C1Nc1nccc(C)n1. The zero-order valence-corrected chi connectivity index (χ0v) is 9.68. The van der Waals surface area contributed by atoms with Crippen molar-refractivity contribution < 1.29 is 4.74 Å². The number of anilines is 1. The van der Waals surface area contributed by atoms with Gasteiger partial charge in [-0.1, -0.05) is 0 Å². The minimum Gasteiger partial charge on any atom is -0.376 e. The Hall–Kier alpha value is -1.20. The lowest BCUT2D eigenvalue weighted by Gasteiger charge is -2.42. The van der Waals surface area contributed by atoms with Crippen molar-refractivity contribution in [2.45, 2.75) is 38.5 Å². The number of hydrogen-bond donors (Lipinski definition) is 2. The van der Waals surface area contributed by atoms with Gasteiger partial charge in [-0.05, 0) is 26.3 Å². The zero-order valence-electron chi connectivity index (χ0n) is 9.68. The predicted octanol–water partition coefficient (Wildman–Crippen LogP) is 0.702. The summed E-state index contributed by atoms with van der Waals surface area (Å²) in [4.78, 5) is 8.45. The number of nitrogens with one attached hydrogen (secondary N) is 1. The fourth-order valence-corrected chi connectivity index (χ4v) is 1.89. The van der Waals surface area contributed by atoms with E-state index >= 15 is 0 Å². The average molecular weight is 222 g/mol. The number of ether oxygens (including phenoxy) is 1. The first-order valence-electron chi connectivity index (χ1n) is 5.64. The molecule has 0 saturated heterocycles. The van der Waals surface area contributed by atoms with Gasteiger partial charge in [0.05, 0.1) is 12.1 Å². The number of nitrogens with two attached hydrogens (primary N) is 1. The number of hydrogen-bond acceptors (Lipinski definition) is 5. The molecule has 5 nitrogen and oxygen atoms in total. The van der Waals surface area contributed by atoms with Crippen molar-refractivity contribution in [1.29, 1.82) is 0 Å². The van der Waals surface area contributed by atoms with E-state index in [4.69, 9.17) is 10.5 Å². The van der Waals surface area contributed by atoms with Crippen LogP contribution in [0.5, 0.6) is 0 Å². The van der Waals surface area contributed by atoms with Gasteiger partial charge in [-0.25, -0.2) is 9.97 Å². The third kappa shape index (κ3) is 2.31. The first-order chi connectivity index (χ1) is 7.70. The van der Waals surface area contributed by atoms with E-state index in [1.54, 1.807) is 6.20 Å². The topological polar surface area (TPSA) is 73.1 Å². The monoisotopic (exact) mass is 222 g/mol. The summed E-state index contributed by atoms with van der Waals surface area (Å²) in [6, 6.07) is 2.12. The molecule has 5 heteroatoms. The molecule has 0 aliphatic heterocycles. The highest BCUT2D eigenvalue weighted by atomic mass is 16.5. The first-order valence-corrected chi connectivity index (χ1v) is 5.64. The van der Waals surface area contributed by atoms with Crippen molar-refractivity contribution in [2.75, 3.05) is 11.9 Å². The van der Waals surface area contributed by atoms with E-state index in [1.165, 1.54) is 0 Å². The second-order valence-electron chi connectivity index (χ2n) is 4.09. The molecule has 1 aromatic heterocycles. The van der Waals surface area contributed by atoms with E-state index < -0.39 is 0 Å². The second kappa shape index (κ2) is 4.76. The Morgan fingerprint density at radius 1 is 1.62 bits per heavy atom. The van der Waals surface area contributed by atoms with Gasteiger partial charge in [-0.3, -0.25) is 0 Å². The smallest absolute Gasteiger partial charge is 0.223 e. The molecule has 1 fully saturated rings. The average Bonchev–Trinajstić information content (AvgIpc) is 2.26. The minimum atomic E-state index is 0.126. The van der Waals surface area contributed by atoms with Crippen LogP contribution < -0.4 is 11.1 Å². The molecular formula is C11H18N4O. The van der Waals surface area contributed by atoms with E-state index in [9.17, 15) is 0 Å². The maximum absolute atomic E-state index is 5.93. The van der Waals surface area contributed by atoms with Crippen LogP contribution in [0.15, 0.2) is 12.3 Å². The first kappa shape index (κ1) is 11.3. The van der Waals surface area contributed by atoms with Crippen LogP contribution >= 0.6 is 0 Å². The molecule has 16 heavy (non-hydrogen) atoms. The maximum Gasteiger partial charge on any atom is 0.223 e. The lowest BCUT2D eigenvalue weighted by molar-refractivity contribution is -0.0128. The Labute approximate surface area is 95.4 Å². The van der Waals surface area contributed by atoms with Gasteiger partial charge >= 0.3 is 0 Å². The quantitative estimate of drug-likeness (QED) is 0.784. The summed E-state index contributed by atoms with van der Waals surface area (Å²) in [7, 11) is 0. The Bertz CT molecular complexity index is 356. The molecular weight excluding hydrogens is 204 g/mol. The number of rotatable bonds is 4. The summed E-state index contributed by atoms with van der Waals surface area (Å²) >= 11 is 0. The van der Waals surface area contributed by atoms with Crippen molar-refractivity contribution in [3.63, 3.8) is 0 Å². The van der Waals surface area contributed by atoms with Gasteiger partial charge in [0.25, 0.3) is 0 Å². The highest BCUT2D eigenvalue weighted by molar-refractivity contribution is 5.30. The fraction of sp³-hybridized carbons (Fsp3) is 0.636. The molecule has 0 bridgehead atoms. The summed E-state index contributed by atoms with van der Waals surface area (Å²) in [6.45, 7) is 4.64. The molecule has 1 aliphatic rings. The van der Waals surface area contributed by atoms with Crippen LogP contribution in [-0.4, -0.2) is 34.8 Å². The van der Waals surface area contributed by atoms with E-state index in [-0.39, 0.29) is 18.2 Å². The molecule has 0 spiro atoms. The highest BCUT2D eigenvalue weighted by Gasteiger charge is 2.39. The summed E-state index contributed by atoms with van der Waals surface area (Å²) in [5.41, 5.74) is 6.87. The molecule has 1 aromatic rings. The molecule has 0 aromatic carbocycles. The third-order valence-corrected chi connectivity index (χ3v) is 2.84. The molecule has 1 heterocycles. The Balaban J connectivity index is 1.98. The minimum absolute atomic E-state index is 0.126. The molecule has 3 N–H and O–H groups in total. The maximum atomic E-state index is 5.93. The van der Waals surface area contributed by atoms with Crippen LogP contribution in [0.4, 0.5) is 5.95 Å². The van der Waals surface area contributed by atoms with Crippen molar-refractivity contribution in [3.05, 3.63) is 18.0 Å². The van der Waals surface area contributed by atoms with E-state index in [2.05, 4.69) is 15.3 Å². The van der Waals surface area contributed by atoms with Gasteiger partial charge in [0.2, 0.25) is 5.95 Å². The zero-order chi connectivity index (χ0) is 11.5. The van der Waals surface area contributed by atoms with Gasteiger partial charge in [-0.2, -0.15) is 0 Å². The van der Waals surface area contributed by atoms with Crippen LogP contribution in [-0.2, 0) is 4.74 Å². The highest BCUT2D eigenvalue weighted by Crippen LogP contribution is 2.25. The standard InChI is InChI=1S/C11H18N4O/c1-3-16-9-6-8(12)10(9)15-11-13-5-4-7(2)14-11/h4-5,8-10H,3,6,12H2,1-2H3,(H,13,14,15). The predicted molar refractivity (Wildman–Crippen MR) is 62.2 cm³/mol. The largest absolute Gasteiger partial charge is 0.376 e. The summed E-state index contributed by atoms with van der Waals surface area (Å²) in [5.74, 6) is 0.629. The van der Waals surface area contributed by atoms with Crippen LogP contribution in [0.1, 0.15) is 19.0 Å². The number of nitrogens with zero attached hydrogens (tertiary/aromatic N) is 2. The van der Waals surface area contributed by atoms with Crippen molar-refractivity contribution in [3.8, 4) is 0 Å². The lowest BCUT2D eigenvalue weighted by atomic mass is 9.83. The molecule has 88 valence electrons. The van der Waals surface area contributed by atoms with E-state index in [0.29, 0.717) is 12.6 Å². The summed E-state index contributed by atoms with van der Waals surface area (Å²) < 4.78 is 5.57. The Kier molecular flexibility index (Phi) is 3.36. The molecule has 3 unspecified atom stereocenters. The summed E-state index contributed by atoms with van der Waals surface area (Å²) in [6.07, 6.45) is 2.83. The Morgan fingerprint density at radius 3 is 3.06 bits per heavy atom. The second-order valence-corrected chi connectivity index (χ2v) is 4.09. The van der Waals surface area contributed by atoms with Crippen molar-refractivity contribution in [2.24, 2.45) is 5.73 Å². The van der Waals surface area contributed by atoms with Crippen molar-refractivity contribution >= 4 is 5.95 Å². The molecule has 1 saturated carbocycles. The number of aromatic nitrogens is 2. The van der Waals surface area contributed by atoms with Gasteiger partial charge in [0.1, 0.15) is 0 Å². The van der Waals surface area contributed by atoms with Crippen LogP contribution in [0.3, 0.4) is 0 Å². The fourth-order valence-electron chi connectivity index (χ4n) is 1.89. The molecule has 1 aliphatic carbocycles. The molecule has 0 amide bonds. The van der Waals surface area contributed by atoms with E-state index in [0.717, 1.165) is 12.1 Å². The van der Waals surface area contributed by atoms with Crippen LogP contribution in [0.25, 0.3) is 0 Å². The molecule has 0 radical (unpaired) electrons. The van der Waals surface area contributed by atoms with Gasteiger partial charge < -0.3 is 15.8 Å². The Morgan fingerprint density at radius 2 is 2.44 bits per heavy atom.